The van der Waals surface area contributed by atoms with Gasteiger partial charge in [-0.1, -0.05) is 12.1 Å². The molecule has 0 radical (unpaired) electrons. The van der Waals surface area contributed by atoms with Gasteiger partial charge >= 0.3 is 0 Å². The van der Waals surface area contributed by atoms with Gasteiger partial charge in [-0.2, -0.15) is 0 Å². The third-order valence-corrected chi connectivity index (χ3v) is 2.36. The SMILES string of the molecule is COc1cc(-c2ccccc2[N+](=O)[O-])ccn1. The molecule has 2 rings (SSSR count). The molecular weight excluding hydrogens is 220 g/mol. The molecule has 0 N–H and O–H groups in total. The molecule has 5 nitrogen and oxygen atoms in total. The summed E-state index contributed by atoms with van der Waals surface area (Å²) in [5.74, 6) is 0.431. The molecule has 0 aliphatic rings. The van der Waals surface area contributed by atoms with Gasteiger partial charge in [0.1, 0.15) is 0 Å². The highest BCUT2D eigenvalue weighted by Gasteiger charge is 2.14. The van der Waals surface area contributed by atoms with Crippen molar-refractivity contribution in [2.45, 2.75) is 0 Å². The molecule has 1 heterocycles. The van der Waals surface area contributed by atoms with Gasteiger partial charge in [-0.15, -0.1) is 0 Å². The Morgan fingerprint density at radius 2 is 2.06 bits per heavy atom. The fourth-order valence-corrected chi connectivity index (χ4v) is 1.57. The Labute approximate surface area is 97.8 Å². The smallest absolute Gasteiger partial charge is 0.277 e. The summed E-state index contributed by atoms with van der Waals surface area (Å²) in [5.41, 5.74) is 1.34. The van der Waals surface area contributed by atoms with Crippen LogP contribution in [0.2, 0.25) is 0 Å². The summed E-state index contributed by atoms with van der Waals surface area (Å²) in [4.78, 5) is 14.5. The number of nitro benzene ring substituents is 1. The zero-order valence-corrected chi connectivity index (χ0v) is 9.16. The Hall–Kier alpha value is -2.43. The molecule has 0 saturated carbocycles. The van der Waals surface area contributed by atoms with Crippen LogP contribution in [0.15, 0.2) is 42.6 Å². The number of nitro groups is 1. The Kier molecular flexibility index (Phi) is 3.00. The maximum absolute atomic E-state index is 10.9. The molecular formula is C12H10N2O3. The molecule has 1 aromatic heterocycles. The van der Waals surface area contributed by atoms with Crippen molar-refractivity contribution in [3.8, 4) is 17.0 Å². The number of aromatic nitrogens is 1. The zero-order valence-electron chi connectivity index (χ0n) is 9.16. The fourth-order valence-electron chi connectivity index (χ4n) is 1.57. The topological polar surface area (TPSA) is 65.3 Å². The zero-order chi connectivity index (χ0) is 12.3. The number of ether oxygens (including phenoxy) is 1. The minimum Gasteiger partial charge on any atom is -0.481 e. The lowest BCUT2D eigenvalue weighted by atomic mass is 10.1. The van der Waals surface area contributed by atoms with E-state index in [2.05, 4.69) is 4.98 Å². The van der Waals surface area contributed by atoms with E-state index in [9.17, 15) is 10.1 Å². The lowest BCUT2D eigenvalue weighted by Gasteiger charge is -2.04. The van der Waals surface area contributed by atoms with Gasteiger partial charge in [0.2, 0.25) is 5.88 Å². The summed E-state index contributed by atoms with van der Waals surface area (Å²) in [5, 5.41) is 10.9. The van der Waals surface area contributed by atoms with Crippen LogP contribution in [-0.2, 0) is 0 Å². The molecule has 0 aliphatic heterocycles. The maximum Gasteiger partial charge on any atom is 0.277 e. The summed E-state index contributed by atoms with van der Waals surface area (Å²) in [6.07, 6.45) is 1.56. The fraction of sp³-hybridized carbons (Fsp3) is 0.0833. The molecule has 0 aliphatic carbocycles. The van der Waals surface area contributed by atoms with E-state index in [4.69, 9.17) is 4.74 Å². The molecule has 0 fully saturated rings. The van der Waals surface area contributed by atoms with Crippen LogP contribution in [0.3, 0.4) is 0 Å². The molecule has 1 aromatic carbocycles. The van der Waals surface area contributed by atoms with Gasteiger partial charge in [-0.05, 0) is 17.7 Å². The number of methoxy groups -OCH3 is 1. The summed E-state index contributed by atoms with van der Waals surface area (Å²) in [6.45, 7) is 0. The van der Waals surface area contributed by atoms with E-state index in [1.807, 2.05) is 0 Å². The van der Waals surface area contributed by atoms with Crippen molar-refractivity contribution in [2.24, 2.45) is 0 Å². The van der Waals surface area contributed by atoms with E-state index >= 15 is 0 Å². The lowest BCUT2D eigenvalue weighted by molar-refractivity contribution is -0.384. The van der Waals surface area contributed by atoms with Crippen molar-refractivity contribution < 1.29 is 9.66 Å². The highest BCUT2D eigenvalue weighted by Crippen LogP contribution is 2.30. The predicted octanol–water partition coefficient (Wildman–Crippen LogP) is 2.67. The third kappa shape index (κ3) is 2.23. The average Bonchev–Trinajstić information content (AvgIpc) is 2.39. The van der Waals surface area contributed by atoms with Crippen LogP contribution in [0.4, 0.5) is 5.69 Å². The van der Waals surface area contributed by atoms with E-state index < -0.39 is 4.92 Å². The second-order valence-corrected chi connectivity index (χ2v) is 3.36. The van der Waals surface area contributed by atoms with Crippen LogP contribution in [0, 0.1) is 10.1 Å². The standard InChI is InChI=1S/C12H10N2O3/c1-17-12-8-9(6-7-13-12)10-4-2-3-5-11(10)14(15)16/h2-8H,1H3. The van der Waals surface area contributed by atoms with Gasteiger partial charge in [0, 0.05) is 18.3 Å². The summed E-state index contributed by atoms with van der Waals surface area (Å²) in [7, 11) is 1.51. The molecule has 0 amide bonds. The Morgan fingerprint density at radius 3 is 2.76 bits per heavy atom. The number of pyridine rings is 1. The van der Waals surface area contributed by atoms with E-state index in [1.54, 1.807) is 36.5 Å². The number of hydrogen-bond acceptors (Lipinski definition) is 4. The largest absolute Gasteiger partial charge is 0.481 e. The van der Waals surface area contributed by atoms with Crippen molar-refractivity contribution in [1.82, 2.24) is 4.98 Å². The molecule has 0 unspecified atom stereocenters. The molecule has 86 valence electrons. The van der Waals surface area contributed by atoms with Gasteiger partial charge in [0.05, 0.1) is 17.6 Å². The van der Waals surface area contributed by atoms with Crippen LogP contribution in [0.5, 0.6) is 5.88 Å². The van der Waals surface area contributed by atoms with E-state index in [-0.39, 0.29) is 5.69 Å². The maximum atomic E-state index is 10.9. The Bertz CT molecular complexity index is 555. The van der Waals surface area contributed by atoms with Crippen LogP contribution in [0.25, 0.3) is 11.1 Å². The number of hydrogen-bond donors (Lipinski definition) is 0. The van der Waals surface area contributed by atoms with Crippen molar-refractivity contribution >= 4 is 5.69 Å². The van der Waals surface area contributed by atoms with Gasteiger partial charge in [-0.3, -0.25) is 10.1 Å². The van der Waals surface area contributed by atoms with Crippen LogP contribution >= 0.6 is 0 Å². The van der Waals surface area contributed by atoms with Crippen molar-refractivity contribution in [3.05, 3.63) is 52.7 Å². The van der Waals surface area contributed by atoms with Crippen LogP contribution in [-0.4, -0.2) is 17.0 Å². The summed E-state index contributed by atoms with van der Waals surface area (Å²) < 4.78 is 5.00. The van der Waals surface area contributed by atoms with Gasteiger partial charge in [0.15, 0.2) is 0 Å². The predicted molar refractivity (Wildman–Crippen MR) is 62.9 cm³/mol. The van der Waals surface area contributed by atoms with Crippen LogP contribution in [0.1, 0.15) is 0 Å². The molecule has 0 atom stereocenters. The number of nitrogens with zero attached hydrogens (tertiary/aromatic N) is 2. The first-order valence-electron chi connectivity index (χ1n) is 4.96. The molecule has 17 heavy (non-hydrogen) atoms. The average molecular weight is 230 g/mol. The van der Waals surface area contributed by atoms with Gasteiger partial charge in [0.25, 0.3) is 5.69 Å². The van der Waals surface area contributed by atoms with E-state index in [0.717, 1.165) is 0 Å². The number of para-hydroxylation sites is 1. The molecule has 2 aromatic rings. The van der Waals surface area contributed by atoms with E-state index in [0.29, 0.717) is 17.0 Å². The third-order valence-electron chi connectivity index (χ3n) is 2.36. The Balaban J connectivity index is 2.56. The first kappa shape index (κ1) is 11.1. The minimum atomic E-state index is -0.401. The quantitative estimate of drug-likeness (QED) is 0.600. The first-order valence-corrected chi connectivity index (χ1v) is 4.96. The highest BCUT2D eigenvalue weighted by atomic mass is 16.6. The number of rotatable bonds is 3. The summed E-state index contributed by atoms with van der Waals surface area (Å²) in [6, 6.07) is 9.96. The first-order chi connectivity index (χ1) is 8.22. The second kappa shape index (κ2) is 4.61. The Morgan fingerprint density at radius 1 is 1.29 bits per heavy atom. The minimum absolute atomic E-state index is 0.0701. The van der Waals surface area contributed by atoms with Crippen molar-refractivity contribution in [3.63, 3.8) is 0 Å². The summed E-state index contributed by atoms with van der Waals surface area (Å²) >= 11 is 0. The molecule has 0 saturated heterocycles. The second-order valence-electron chi connectivity index (χ2n) is 3.36. The van der Waals surface area contributed by atoms with Crippen LogP contribution < -0.4 is 4.74 Å². The van der Waals surface area contributed by atoms with Gasteiger partial charge in [-0.25, -0.2) is 4.98 Å². The normalized spacial score (nSPS) is 9.94. The van der Waals surface area contributed by atoms with E-state index in [1.165, 1.54) is 13.2 Å². The van der Waals surface area contributed by atoms with Crippen molar-refractivity contribution in [1.29, 1.82) is 0 Å². The molecule has 5 heteroatoms. The molecule has 0 bridgehead atoms. The highest BCUT2D eigenvalue weighted by molar-refractivity contribution is 5.73. The number of benzene rings is 1. The van der Waals surface area contributed by atoms with Crippen molar-refractivity contribution in [2.75, 3.05) is 7.11 Å². The lowest BCUT2D eigenvalue weighted by Crippen LogP contribution is -1.92. The van der Waals surface area contributed by atoms with Gasteiger partial charge < -0.3 is 4.74 Å². The monoisotopic (exact) mass is 230 g/mol. The molecule has 0 spiro atoms.